The number of piperidine rings is 1. The first kappa shape index (κ1) is 14.6. The SMILES string of the molecule is Cc1cc(C(=O)N2CCC(C(=O)NC(C)C)CC2)no1. The third-order valence-corrected chi connectivity index (χ3v) is 3.43. The number of likely N-dealkylation sites (tertiary alicyclic amines) is 1. The van der Waals surface area contributed by atoms with E-state index in [0.717, 1.165) is 0 Å². The maximum absolute atomic E-state index is 12.2. The van der Waals surface area contributed by atoms with Crippen molar-refractivity contribution in [3.8, 4) is 0 Å². The van der Waals surface area contributed by atoms with Crippen LogP contribution in [-0.4, -0.2) is 41.0 Å². The first-order valence-corrected chi connectivity index (χ1v) is 7.00. The van der Waals surface area contributed by atoms with Gasteiger partial charge in [-0.3, -0.25) is 9.59 Å². The molecule has 0 unspecified atom stereocenters. The Bertz CT molecular complexity index is 488. The molecule has 2 amide bonds. The van der Waals surface area contributed by atoms with E-state index in [1.807, 2.05) is 13.8 Å². The summed E-state index contributed by atoms with van der Waals surface area (Å²) < 4.78 is 4.92. The van der Waals surface area contributed by atoms with Crippen LogP contribution < -0.4 is 5.32 Å². The quantitative estimate of drug-likeness (QED) is 0.906. The lowest BCUT2D eigenvalue weighted by atomic mass is 9.95. The average Bonchev–Trinajstić information content (AvgIpc) is 2.84. The number of rotatable bonds is 3. The Balaban J connectivity index is 1.88. The molecule has 1 aromatic heterocycles. The van der Waals surface area contributed by atoms with Crippen LogP contribution in [-0.2, 0) is 4.79 Å². The Kier molecular flexibility index (Phi) is 4.42. The molecule has 1 saturated heterocycles. The van der Waals surface area contributed by atoms with Crippen molar-refractivity contribution in [1.29, 1.82) is 0 Å². The molecule has 0 bridgehead atoms. The van der Waals surface area contributed by atoms with Crippen molar-refractivity contribution in [1.82, 2.24) is 15.4 Å². The molecule has 0 spiro atoms. The van der Waals surface area contributed by atoms with Gasteiger partial charge in [-0.25, -0.2) is 0 Å². The van der Waals surface area contributed by atoms with Crippen LogP contribution in [0.5, 0.6) is 0 Å². The van der Waals surface area contributed by atoms with Crippen molar-refractivity contribution in [2.75, 3.05) is 13.1 Å². The van der Waals surface area contributed by atoms with Gasteiger partial charge in [0.2, 0.25) is 5.91 Å². The third kappa shape index (κ3) is 3.37. The molecule has 20 heavy (non-hydrogen) atoms. The number of nitrogens with one attached hydrogen (secondary N) is 1. The highest BCUT2D eigenvalue weighted by Gasteiger charge is 2.29. The van der Waals surface area contributed by atoms with E-state index >= 15 is 0 Å². The minimum atomic E-state index is -0.121. The molecule has 0 saturated carbocycles. The van der Waals surface area contributed by atoms with Gasteiger partial charge in [0.1, 0.15) is 5.76 Å². The zero-order valence-electron chi connectivity index (χ0n) is 12.2. The van der Waals surface area contributed by atoms with Crippen molar-refractivity contribution < 1.29 is 14.1 Å². The van der Waals surface area contributed by atoms with Crippen LogP contribution in [0.2, 0.25) is 0 Å². The fourth-order valence-electron chi connectivity index (χ4n) is 2.38. The second-order valence-electron chi connectivity index (χ2n) is 5.55. The lowest BCUT2D eigenvalue weighted by Gasteiger charge is -2.31. The smallest absolute Gasteiger partial charge is 0.276 e. The van der Waals surface area contributed by atoms with Gasteiger partial charge in [0.05, 0.1) is 0 Å². The number of hydrogen-bond donors (Lipinski definition) is 1. The van der Waals surface area contributed by atoms with E-state index in [9.17, 15) is 9.59 Å². The van der Waals surface area contributed by atoms with Gasteiger partial charge >= 0.3 is 0 Å². The number of aryl methyl sites for hydroxylation is 1. The molecule has 0 atom stereocenters. The summed E-state index contributed by atoms with van der Waals surface area (Å²) in [7, 11) is 0. The number of carbonyl (C=O) groups excluding carboxylic acids is 2. The third-order valence-electron chi connectivity index (χ3n) is 3.43. The first-order chi connectivity index (χ1) is 9.47. The van der Waals surface area contributed by atoms with Crippen LogP contribution in [0.4, 0.5) is 0 Å². The lowest BCUT2D eigenvalue weighted by Crippen LogP contribution is -2.44. The molecular weight excluding hydrogens is 258 g/mol. The zero-order chi connectivity index (χ0) is 14.7. The summed E-state index contributed by atoms with van der Waals surface area (Å²) in [5.41, 5.74) is 0.340. The van der Waals surface area contributed by atoms with Crippen LogP contribution in [0.25, 0.3) is 0 Å². The molecule has 1 aromatic rings. The number of amides is 2. The monoisotopic (exact) mass is 279 g/mol. The molecule has 0 radical (unpaired) electrons. The summed E-state index contributed by atoms with van der Waals surface area (Å²) in [6.45, 7) is 6.82. The Morgan fingerprint density at radius 1 is 1.40 bits per heavy atom. The van der Waals surface area contributed by atoms with Crippen molar-refractivity contribution >= 4 is 11.8 Å². The zero-order valence-corrected chi connectivity index (χ0v) is 12.2. The van der Waals surface area contributed by atoms with Gasteiger partial charge in [0.15, 0.2) is 5.69 Å². The minimum absolute atomic E-state index is 0.000458. The van der Waals surface area contributed by atoms with Crippen molar-refractivity contribution in [2.24, 2.45) is 5.92 Å². The van der Waals surface area contributed by atoms with E-state index in [0.29, 0.717) is 37.4 Å². The molecular formula is C14H21N3O3. The molecule has 1 N–H and O–H groups in total. The maximum Gasteiger partial charge on any atom is 0.276 e. The fraction of sp³-hybridized carbons (Fsp3) is 0.643. The molecule has 1 aliphatic heterocycles. The summed E-state index contributed by atoms with van der Waals surface area (Å²) >= 11 is 0. The number of hydrogen-bond acceptors (Lipinski definition) is 4. The maximum atomic E-state index is 12.2. The standard InChI is InChI=1S/C14H21N3O3/c1-9(2)15-13(18)11-4-6-17(7-5-11)14(19)12-8-10(3)20-16-12/h8-9,11H,4-7H2,1-3H3,(H,15,18). The number of nitrogens with zero attached hydrogens (tertiary/aromatic N) is 2. The van der Waals surface area contributed by atoms with Gasteiger partial charge in [0, 0.05) is 31.1 Å². The molecule has 0 aliphatic carbocycles. The molecule has 6 nitrogen and oxygen atoms in total. The van der Waals surface area contributed by atoms with Crippen molar-refractivity contribution in [3.63, 3.8) is 0 Å². The molecule has 0 aromatic carbocycles. The summed E-state index contributed by atoms with van der Waals surface area (Å²) in [6.07, 6.45) is 1.39. The van der Waals surface area contributed by atoms with E-state index in [1.54, 1.807) is 17.9 Å². The minimum Gasteiger partial charge on any atom is -0.361 e. The highest BCUT2D eigenvalue weighted by molar-refractivity contribution is 5.92. The van der Waals surface area contributed by atoms with Gasteiger partial charge in [0.25, 0.3) is 5.91 Å². The second kappa shape index (κ2) is 6.07. The Hall–Kier alpha value is -1.85. The Morgan fingerprint density at radius 2 is 2.05 bits per heavy atom. The van der Waals surface area contributed by atoms with Crippen LogP contribution in [0, 0.1) is 12.8 Å². The summed E-state index contributed by atoms with van der Waals surface area (Å²) in [5, 5.41) is 6.66. The van der Waals surface area contributed by atoms with Crippen LogP contribution in [0.3, 0.4) is 0 Å². The predicted octanol–water partition coefficient (Wildman–Crippen LogP) is 1.36. The van der Waals surface area contributed by atoms with Crippen molar-refractivity contribution in [2.45, 2.75) is 39.7 Å². The predicted molar refractivity (Wildman–Crippen MR) is 73.1 cm³/mol. The van der Waals surface area contributed by atoms with E-state index in [4.69, 9.17) is 4.52 Å². The van der Waals surface area contributed by atoms with Gasteiger partial charge in [-0.2, -0.15) is 0 Å². The van der Waals surface area contributed by atoms with Gasteiger partial charge in [-0.05, 0) is 33.6 Å². The van der Waals surface area contributed by atoms with E-state index < -0.39 is 0 Å². The number of carbonyl (C=O) groups is 2. The van der Waals surface area contributed by atoms with E-state index in [1.165, 1.54) is 0 Å². The second-order valence-corrected chi connectivity index (χ2v) is 5.55. The topological polar surface area (TPSA) is 75.4 Å². The van der Waals surface area contributed by atoms with Crippen LogP contribution in [0.15, 0.2) is 10.6 Å². The lowest BCUT2D eigenvalue weighted by molar-refractivity contribution is -0.126. The molecule has 2 rings (SSSR count). The molecule has 2 heterocycles. The Labute approximate surface area is 118 Å². The summed E-state index contributed by atoms with van der Waals surface area (Å²) in [6, 6.07) is 1.79. The average molecular weight is 279 g/mol. The highest BCUT2D eigenvalue weighted by atomic mass is 16.5. The van der Waals surface area contributed by atoms with E-state index in [-0.39, 0.29) is 23.8 Å². The molecule has 110 valence electrons. The van der Waals surface area contributed by atoms with Gasteiger partial charge in [-0.15, -0.1) is 0 Å². The molecule has 1 fully saturated rings. The molecule has 6 heteroatoms. The Morgan fingerprint density at radius 3 is 2.55 bits per heavy atom. The first-order valence-electron chi connectivity index (χ1n) is 7.00. The van der Waals surface area contributed by atoms with Crippen LogP contribution >= 0.6 is 0 Å². The van der Waals surface area contributed by atoms with Gasteiger partial charge < -0.3 is 14.7 Å². The van der Waals surface area contributed by atoms with Gasteiger partial charge in [-0.1, -0.05) is 5.16 Å². The van der Waals surface area contributed by atoms with Crippen LogP contribution in [0.1, 0.15) is 42.9 Å². The summed E-state index contributed by atoms with van der Waals surface area (Å²) in [4.78, 5) is 25.8. The number of aromatic nitrogens is 1. The summed E-state index contributed by atoms with van der Waals surface area (Å²) in [5.74, 6) is 0.592. The highest BCUT2D eigenvalue weighted by Crippen LogP contribution is 2.19. The largest absolute Gasteiger partial charge is 0.361 e. The van der Waals surface area contributed by atoms with Crippen molar-refractivity contribution in [3.05, 3.63) is 17.5 Å². The normalized spacial score (nSPS) is 16.5. The molecule has 1 aliphatic rings. The van der Waals surface area contributed by atoms with E-state index in [2.05, 4.69) is 10.5 Å². The fourth-order valence-corrected chi connectivity index (χ4v) is 2.38.